The maximum atomic E-state index is 13.6. The lowest BCUT2D eigenvalue weighted by atomic mass is 9.69. The molecule has 1 aliphatic carbocycles. The first-order chi connectivity index (χ1) is 14.9. The van der Waals surface area contributed by atoms with Crippen LogP contribution in [0.5, 0.6) is 11.5 Å². The fourth-order valence-electron chi connectivity index (χ4n) is 4.59. The smallest absolute Gasteiger partial charge is 0.336 e. The molecule has 0 fully saturated rings. The number of hydrogen-bond acceptors (Lipinski definition) is 8. The number of benzene rings is 1. The molecule has 1 aromatic carbocycles. The molecule has 3 atom stereocenters. The molecule has 8 nitrogen and oxygen atoms in total. The number of ether oxygens (including phenoxy) is 4. The first kappa shape index (κ1) is 21.0. The summed E-state index contributed by atoms with van der Waals surface area (Å²) in [5, 5.41) is 3.23. The van der Waals surface area contributed by atoms with Crippen molar-refractivity contribution >= 4 is 17.7 Å². The van der Waals surface area contributed by atoms with Gasteiger partial charge in [-0.05, 0) is 43.9 Å². The van der Waals surface area contributed by atoms with Crippen molar-refractivity contribution in [1.29, 1.82) is 0 Å². The molecule has 0 radical (unpaired) electrons. The zero-order valence-electron chi connectivity index (χ0n) is 17.9. The summed E-state index contributed by atoms with van der Waals surface area (Å²) in [5.74, 6) is -2.15. The number of fused-ring (bicyclic) bond motifs is 1. The number of rotatable bonds is 4. The van der Waals surface area contributed by atoms with Crippen molar-refractivity contribution in [3.05, 3.63) is 46.3 Å². The van der Waals surface area contributed by atoms with Gasteiger partial charge in [-0.1, -0.05) is 13.0 Å². The van der Waals surface area contributed by atoms with Gasteiger partial charge in [0.05, 0.1) is 19.3 Å². The molecule has 0 saturated heterocycles. The van der Waals surface area contributed by atoms with Crippen molar-refractivity contribution in [2.24, 2.45) is 11.8 Å². The molecule has 1 N–H and O–H groups in total. The van der Waals surface area contributed by atoms with E-state index in [1.807, 2.05) is 6.92 Å². The molecule has 0 saturated carbocycles. The predicted molar refractivity (Wildman–Crippen MR) is 109 cm³/mol. The van der Waals surface area contributed by atoms with Gasteiger partial charge in [0.1, 0.15) is 5.92 Å². The van der Waals surface area contributed by atoms with Gasteiger partial charge in [0.25, 0.3) is 0 Å². The van der Waals surface area contributed by atoms with Crippen LogP contribution in [0, 0.1) is 11.8 Å². The topological polar surface area (TPSA) is 100 Å². The van der Waals surface area contributed by atoms with Gasteiger partial charge in [-0.3, -0.25) is 9.59 Å². The number of nitrogens with one attached hydrogen (secondary N) is 1. The molecule has 8 heteroatoms. The molecule has 0 aromatic heterocycles. The summed E-state index contributed by atoms with van der Waals surface area (Å²) in [6, 6.07) is 5.33. The Morgan fingerprint density at radius 1 is 1.23 bits per heavy atom. The third kappa shape index (κ3) is 3.45. The van der Waals surface area contributed by atoms with Gasteiger partial charge in [-0.25, -0.2) is 4.79 Å². The number of ketones is 1. The second-order valence-electron chi connectivity index (χ2n) is 7.87. The van der Waals surface area contributed by atoms with E-state index in [0.29, 0.717) is 46.0 Å². The van der Waals surface area contributed by atoms with Crippen LogP contribution in [0.4, 0.5) is 0 Å². The molecule has 2 aliphatic heterocycles. The van der Waals surface area contributed by atoms with Crippen molar-refractivity contribution in [1.82, 2.24) is 5.32 Å². The number of Topliss-reactive ketones (excluding diaryl/α,β-unsaturated/α-hetero) is 1. The van der Waals surface area contributed by atoms with E-state index in [1.54, 1.807) is 32.0 Å². The lowest BCUT2D eigenvalue weighted by molar-refractivity contribution is -0.151. The first-order valence-corrected chi connectivity index (χ1v) is 10.3. The quantitative estimate of drug-likeness (QED) is 0.578. The second kappa shape index (κ2) is 8.09. The highest BCUT2D eigenvalue weighted by atomic mass is 16.7. The highest BCUT2D eigenvalue weighted by Crippen LogP contribution is 2.47. The number of dihydropyridines is 1. The molecule has 0 amide bonds. The number of allylic oxidation sites excluding steroid dienone is 3. The summed E-state index contributed by atoms with van der Waals surface area (Å²) in [6.07, 6.45) is 0.481. The highest BCUT2D eigenvalue weighted by molar-refractivity contribution is 6.12. The molecule has 1 aromatic rings. The zero-order chi connectivity index (χ0) is 22.3. The van der Waals surface area contributed by atoms with Crippen molar-refractivity contribution in [2.75, 3.05) is 20.5 Å². The fourth-order valence-corrected chi connectivity index (χ4v) is 4.59. The Labute approximate surface area is 180 Å². The van der Waals surface area contributed by atoms with Gasteiger partial charge < -0.3 is 24.3 Å². The van der Waals surface area contributed by atoms with E-state index < -0.39 is 23.8 Å². The molecular weight excluding hydrogens is 402 g/mol. The average molecular weight is 427 g/mol. The molecule has 0 bridgehead atoms. The van der Waals surface area contributed by atoms with Gasteiger partial charge in [0.2, 0.25) is 6.79 Å². The fraction of sp³-hybridized carbons (Fsp3) is 0.435. The molecular formula is C23H25NO7. The zero-order valence-corrected chi connectivity index (χ0v) is 17.9. The van der Waals surface area contributed by atoms with E-state index in [-0.39, 0.29) is 25.1 Å². The minimum absolute atomic E-state index is 0.111. The van der Waals surface area contributed by atoms with Crippen LogP contribution in [0.3, 0.4) is 0 Å². The van der Waals surface area contributed by atoms with Crippen LogP contribution in [-0.2, 0) is 23.9 Å². The standard InChI is InChI=1S/C23H25NO7/c1-5-29-23(27)18-12(3)24-14-8-11(2)17(22(26)28-4)21(25)20(14)19(18)13-6-7-15-16(9-13)31-10-30-15/h6-7,9,11,17,19,24H,5,8,10H2,1-4H3/t11-,17+,19-/m0/s1. The Morgan fingerprint density at radius 2 is 1.97 bits per heavy atom. The van der Waals surface area contributed by atoms with Crippen LogP contribution in [-0.4, -0.2) is 38.2 Å². The summed E-state index contributed by atoms with van der Waals surface area (Å²) in [4.78, 5) is 38.9. The Kier molecular flexibility index (Phi) is 5.47. The Balaban J connectivity index is 1.87. The summed E-state index contributed by atoms with van der Waals surface area (Å²) in [7, 11) is 1.27. The molecule has 0 spiro atoms. The normalized spacial score (nSPS) is 24.5. The number of methoxy groups -OCH3 is 1. The van der Waals surface area contributed by atoms with E-state index >= 15 is 0 Å². The summed E-state index contributed by atoms with van der Waals surface area (Å²) < 4.78 is 21.1. The third-order valence-electron chi connectivity index (χ3n) is 5.97. The summed E-state index contributed by atoms with van der Waals surface area (Å²) in [6.45, 7) is 5.67. The molecule has 0 unspecified atom stereocenters. The van der Waals surface area contributed by atoms with Crippen LogP contribution >= 0.6 is 0 Å². The predicted octanol–water partition coefficient (Wildman–Crippen LogP) is 2.59. The Morgan fingerprint density at radius 3 is 2.68 bits per heavy atom. The van der Waals surface area contributed by atoms with Gasteiger partial charge in [0, 0.05) is 22.9 Å². The van der Waals surface area contributed by atoms with Crippen LogP contribution in [0.2, 0.25) is 0 Å². The summed E-state index contributed by atoms with van der Waals surface area (Å²) >= 11 is 0. The molecule has 3 aliphatic rings. The van der Waals surface area contributed by atoms with Crippen LogP contribution < -0.4 is 14.8 Å². The molecule has 164 valence electrons. The minimum atomic E-state index is -0.927. The van der Waals surface area contributed by atoms with E-state index in [9.17, 15) is 14.4 Å². The monoisotopic (exact) mass is 427 g/mol. The Bertz CT molecular complexity index is 1020. The van der Waals surface area contributed by atoms with Gasteiger partial charge in [0.15, 0.2) is 17.3 Å². The van der Waals surface area contributed by atoms with Crippen molar-refractivity contribution in [2.45, 2.75) is 33.1 Å². The van der Waals surface area contributed by atoms with Gasteiger partial charge in [-0.2, -0.15) is 0 Å². The SMILES string of the molecule is CCOC(=O)C1=C(C)NC2=C(C(=O)[C@H](C(=O)OC)[C@@H](C)C2)[C@H]1c1ccc2c(c1)OCO2. The third-order valence-corrected chi connectivity index (χ3v) is 5.97. The van der Waals surface area contributed by atoms with Gasteiger partial charge in [-0.15, -0.1) is 0 Å². The largest absolute Gasteiger partial charge is 0.468 e. The van der Waals surface area contributed by atoms with Crippen LogP contribution in [0.1, 0.15) is 38.7 Å². The van der Waals surface area contributed by atoms with Crippen LogP contribution in [0.15, 0.2) is 40.7 Å². The molecule has 31 heavy (non-hydrogen) atoms. The van der Waals surface area contributed by atoms with E-state index in [0.717, 1.165) is 0 Å². The maximum absolute atomic E-state index is 13.6. The van der Waals surface area contributed by atoms with Crippen LogP contribution in [0.25, 0.3) is 0 Å². The van der Waals surface area contributed by atoms with E-state index in [2.05, 4.69) is 5.32 Å². The summed E-state index contributed by atoms with van der Waals surface area (Å²) in [5.41, 5.74) is 2.75. The molecule has 2 heterocycles. The molecule has 4 rings (SSSR count). The maximum Gasteiger partial charge on any atom is 0.336 e. The van der Waals surface area contributed by atoms with E-state index in [1.165, 1.54) is 7.11 Å². The lowest BCUT2D eigenvalue weighted by Gasteiger charge is -2.38. The highest BCUT2D eigenvalue weighted by Gasteiger charge is 2.47. The average Bonchev–Trinajstić information content (AvgIpc) is 3.20. The van der Waals surface area contributed by atoms with Crippen molar-refractivity contribution in [3.8, 4) is 11.5 Å². The van der Waals surface area contributed by atoms with E-state index in [4.69, 9.17) is 18.9 Å². The lowest BCUT2D eigenvalue weighted by Crippen LogP contribution is -2.43. The van der Waals surface area contributed by atoms with Crippen molar-refractivity contribution < 1.29 is 33.3 Å². The number of carbonyl (C=O) groups excluding carboxylic acids is 3. The second-order valence-corrected chi connectivity index (χ2v) is 7.87. The van der Waals surface area contributed by atoms with Crippen molar-refractivity contribution in [3.63, 3.8) is 0 Å². The minimum Gasteiger partial charge on any atom is -0.468 e. The Hall–Kier alpha value is -3.29. The first-order valence-electron chi connectivity index (χ1n) is 10.3. The van der Waals surface area contributed by atoms with Gasteiger partial charge >= 0.3 is 11.9 Å². The number of carbonyl (C=O) groups is 3. The number of hydrogen-bond donors (Lipinski definition) is 1. The number of esters is 2.